The number of nitrogens with one attached hydrogen (secondary N) is 1. The molecule has 0 spiro atoms. The monoisotopic (exact) mass is 279 g/mol. The fraction of sp³-hybridized carbons (Fsp3) is 0.389. The van der Waals surface area contributed by atoms with Gasteiger partial charge in [0.15, 0.2) is 0 Å². The zero-order chi connectivity index (χ0) is 14.2. The van der Waals surface area contributed by atoms with Gasteiger partial charge in [-0.25, -0.2) is 0 Å². The lowest BCUT2D eigenvalue weighted by molar-refractivity contribution is 0.431. The number of piperidine rings is 1. The van der Waals surface area contributed by atoms with Crippen LogP contribution in [0.15, 0.2) is 31.0 Å². The van der Waals surface area contributed by atoms with Gasteiger partial charge in [-0.15, -0.1) is 0 Å². The minimum absolute atomic E-state index is 0.623. The lowest BCUT2D eigenvalue weighted by Gasteiger charge is -2.39. The lowest BCUT2D eigenvalue weighted by Crippen LogP contribution is -2.48. The molecule has 0 bridgehead atoms. The van der Waals surface area contributed by atoms with E-state index in [9.17, 15) is 0 Å². The van der Waals surface area contributed by atoms with Crippen molar-refractivity contribution < 1.29 is 0 Å². The molecule has 2 aliphatic heterocycles. The van der Waals surface area contributed by atoms with E-state index in [1.165, 1.54) is 34.9 Å². The molecule has 108 valence electrons. The molecule has 1 atom stereocenters. The number of rotatable bonds is 2. The number of hydrogen-bond donors (Lipinski definition) is 1. The van der Waals surface area contributed by atoms with Crippen LogP contribution in [0.5, 0.6) is 0 Å². The largest absolute Gasteiger partial charge is 0.366 e. The first-order chi connectivity index (χ1) is 10.4. The first-order valence-corrected chi connectivity index (χ1v) is 7.89. The molecule has 1 saturated heterocycles. The van der Waals surface area contributed by atoms with Crippen LogP contribution in [0.3, 0.4) is 0 Å². The minimum atomic E-state index is 0.623. The highest BCUT2D eigenvalue weighted by Gasteiger charge is 2.26. The Morgan fingerprint density at radius 1 is 1.38 bits per heavy atom. The standard InChI is InChI=1S/C18H21N3/c1-2-16-15-6-3-7-17-18(15)13(11-20-16)8-10-21(17)14-5-4-9-19-12-14/h2-3,6-7,11,14,19H,1,4-5,8-10,12H2. The summed E-state index contributed by atoms with van der Waals surface area (Å²) < 4.78 is 0. The first-order valence-electron chi connectivity index (χ1n) is 7.89. The second-order valence-corrected chi connectivity index (χ2v) is 6.02. The Bertz CT molecular complexity index is 686. The summed E-state index contributed by atoms with van der Waals surface area (Å²) in [5, 5.41) is 6.17. The molecule has 3 heterocycles. The van der Waals surface area contributed by atoms with Gasteiger partial charge >= 0.3 is 0 Å². The Morgan fingerprint density at radius 3 is 3.14 bits per heavy atom. The van der Waals surface area contributed by atoms with Crippen molar-refractivity contribution in [2.75, 3.05) is 24.5 Å². The molecule has 0 aliphatic carbocycles. The molecule has 3 heteroatoms. The summed E-state index contributed by atoms with van der Waals surface area (Å²) in [6.45, 7) is 7.28. The predicted octanol–water partition coefficient (Wildman–Crippen LogP) is 2.99. The number of anilines is 1. The second-order valence-electron chi connectivity index (χ2n) is 6.02. The average molecular weight is 279 g/mol. The van der Waals surface area contributed by atoms with Gasteiger partial charge in [0.25, 0.3) is 0 Å². The van der Waals surface area contributed by atoms with Crippen molar-refractivity contribution in [3.63, 3.8) is 0 Å². The Kier molecular flexibility index (Phi) is 3.15. The first kappa shape index (κ1) is 12.8. The van der Waals surface area contributed by atoms with Crippen LogP contribution in [0, 0.1) is 0 Å². The molecule has 4 rings (SSSR count). The highest BCUT2D eigenvalue weighted by atomic mass is 15.2. The molecule has 1 aromatic heterocycles. The van der Waals surface area contributed by atoms with Gasteiger partial charge in [0.05, 0.1) is 5.69 Å². The highest BCUT2D eigenvalue weighted by Crippen LogP contribution is 2.37. The Labute approximate surface area is 125 Å². The van der Waals surface area contributed by atoms with E-state index in [4.69, 9.17) is 0 Å². The van der Waals surface area contributed by atoms with Crippen LogP contribution in [-0.2, 0) is 6.42 Å². The van der Waals surface area contributed by atoms with Crippen molar-refractivity contribution in [3.8, 4) is 0 Å². The summed E-state index contributed by atoms with van der Waals surface area (Å²) >= 11 is 0. The number of benzene rings is 1. The Balaban J connectivity index is 1.87. The summed E-state index contributed by atoms with van der Waals surface area (Å²) in [6.07, 6.45) is 7.56. The van der Waals surface area contributed by atoms with Gasteiger partial charge in [-0.2, -0.15) is 0 Å². The maximum absolute atomic E-state index is 4.56. The summed E-state index contributed by atoms with van der Waals surface area (Å²) in [5.74, 6) is 0. The quantitative estimate of drug-likeness (QED) is 0.916. The molecule has 1 aromatic carbocycles. The maximum atomic E-state index is 4.56. The van der Waals surface area contributed by atoms with Gasteiger partial charge < -0.3 is 10.2 Å². The normalized spacial score (nSPS) is 21.5. The van der Waals surface area contributed by atoms with Crippen LogP contribution in [0.1, 0.15) is 24.1 Å². The van der Waals surface area contributed by atoms with E-state index in [2.05, 4.69) is 40.0 Å². The topological polar surface area (TPSA) is 28.2 Å². The van der Waals surface area contributed by atoms with E-state index in [0.29, 0.717) is 6.04 Å². The van der Waals surface area contributed by atoms with Crippen LogP contribution in [0.25, 0.3) is 16.8 Å². The summed E-state index contributed by atoms with van der Waals surface area (Å²) in [4.78, 5) is 7.17. The van der Waals surface area contributed by atoms with E-state index in [1.54, 1.807) is 0 Å². The summed E-state index contributed by atoms with van der Waals surface area (Å²) in [7, 11) is 0. The number of nitrogens with zero attached hydrogens (tertiary/aromatic N) is 2. The third-order valence-electron chi connectivity index (χ3n) is 4.84. The molecule has 3 nitrogen and oxygen atoms in total. The van der Waals surface area contributed by atoms with Gasteiger partial charge in [0.2, 0.25) is 0 Å². The van der Waals surface area contributed by atoms with E-state index in [-0.39, 0.29) is 0 Å². The third-order valence-corrected chi connectivity index (χ3v) is 4.84. The van der Waals surface area contributed by atoms with Gasteiger partial charge in [-0.05, 0) is 43.5 Å². The molecule has 1 N–H and O–H groups in total. The van der Waals surface area contributed by atoms with Crippen molar-refractivity contribution in [3.05, 3.63) is 42.2 Å². The minimum Gasteiger partial charge on any atom is -0.366 e. The molecule has 1 unspecified atom stereocenters. The molecular weight excluding hydrogens is 258 g/mol. The molecule has 1 fully saturated rings. The van der Waals surface area contributed by atoms with Crippen molar-refractivity contribution in [1.29, 1.82) is 0 Å². The van der Waals surface area contributed by atoms with Crippen LogP contribution in [0.4, 0.5) is 5.69 Å². The fourth-order valence-corrected chi connectivity index (χ4v) is 3.80. The Morgan fingerprint density at radius 2 is 2.33 bits per heavy atom. The average Bonchev–Trinajstić information content (AvgIpc) is 2.56. The molecule has 0 radical (unpaired) electrons. The molecule has 0 saturated carbocycles. The summed E-state index contributed by atoms with van der Waals surface area (Å²) in [5.41, 5.74) is 3.76. The second kappa shape index (κ2) is 5.15. The highest BCUT2D eigenvalue weighted by molar-refractivity contribution is 6.01. The third kappa shape index (κ3) is 2.04. The van der Waals surface area contributed by atoms with Gasteiger partial charge in [-0.1, -0.05) is 18.7 Å². The zero-order valence-electron chi connectivity index (χ0n) is 12.3. The smallest absolute Gasteiger partial charge is 0.0703 e. The van der Waals surface area contributed by atoms with Crippen molar-refractivity contribution in [2.24, 2.45) is 0 Å². The molecule has 21 heavy (non-hydrogen) atoms. The number of pyridine rings is 1. The Hall–Kier alpha value is -1.87. The molecule has 2 aromatic rings. The van der Waals surface area contributed by atoms with Crippen molar-refractivity contribution in [1.82, 2.24) is 10.3 Å². The van der Waals surface area contributed by atoms with Crippen LogP contribution in [0.2, 0.25) is 0 Å². The summed E-state index contributed by atoms with van der Waals surface area (Å²) in [6, 6.07) is 7.23. The SMILES string of the molecule is C=Cc1ncc2c3c(cccc13)N(C1CCCNC1)CC2. The zero-order valence-corrected chi connectivity index (χ0v) is 12.3. The van der Waals surface area contributed by atoms with E-state index in [0.717, 1.165) is 31.7 Å². The van der Waals surface area contributed by atoms with Gasteiger partial charge in [0, 0.05) is 41.8 Å². The van der Waals surface area contributed by atoms with Crippen LogP contribution in [-0.4, -0.2) is 30.7 Å². The van der Waals surface area contributed by atoms with E-state index >= 15 is 0 Å². The van der Waals surface area contributed by atoms with Gasteiger partial charge in [0.1, 0.15) is 0 Å². The van der Waals surface area contributed by atoms with E-state index < -0.39 is 0 Å². The van der Waals surface area contributed by atoms with E-state index in [1.807, 2.05) is 12.3 Å². The maximum Gasteiger partial charge on any atom is 0.0703 e. The lowest BCUT2D eigenvalue weighted by atomic mass is 9.94. The fourth-order valence-electron chi connectivity index (χ4n) is 3.80. The van der Waals surface area contributed by atoms with Gasteiger partial charge in [-0.3, -0.25) is 4.98 Å². The molecular formula is C18H21N3. The molecule has 0 amide bonds. The predicted molar refractivity (Wildman–Crippen MR) is 88.8 cm³/mol. The van der Waals surface area contributed by atoms with Crippen molar-refractivity contribution in [2.45, 2.75) is 25.3 Å². The molecule has 2 aliphatic rings. The number of hydrogen-bond acceptors (Lipinski definition) is 3. The van der Waals surface area contributed by atoms with Crippen LogP contribution >= 0.6 is 0 Å². The van der Waals surface area contributed by atoms with Crippen molar-refractivity contribution >= 4 is 22.5 Å². The number of aromatic nitrogens is 1. The van der Waals surface area contributed by atoms with Crippen LogP contribution < -0.4 is 10.2 Å².